The zero-order chi connectivity index (χ0) is 12.3. The molecule has 0 aliphatic rings. The summed E-state index contributed by atoms with van der Waals surface area (Å²) in [5, 5.41) is 17.2. The quantitative estimate of drug-likeness (QED) is 0.913. The van der Waals surface area contributed by atoms with Gasteiger partial charge in [0.25, 0.3) is 0 Å². The first-order valence-corrected chi connectivity index (χ1v) is 5.44. The van der Waals surface area contributed by atoms with Crippen LogP contribution in [0.5, 0.6) is 0 Å². The molecular formula is C12H10ClFN2O. The minimum Gasteiger partial charge on any atom is -0.388 e. The Hall–Kier alpha value is -1.52. The van der Waals surface area contributed by atoms with Gasteiger partial charge in [0, 0.05) is 18.2 Å². The van der Waals surface area contributed by atoms with Crippen molar-refractivity contribution in [3.8, 4) is 0 Å². The lowest BCUT2D eigenvalue weighted by atomic mass is 10.0. The van der Waals surface area contributed by atoms with Gasteiger partial charge in [-0.2, -0.15) is 10.2 Å². The number of hydrogen-bond donors (Lipinski definition) is 1. The largest absolute Gasteiger partial charge is 0.388 e. The van der Waals surface area contributed by atoms with Gasteiger partial charge < -0.3 is 5.11 Å². The van der Waals surface area contributed by atoms with Crippen molar-refractivity contribution < 1.29 is 9.50 Å². The van der Waals surface area contributed by atoms with Crippen molar-refractivity contribution in [1.29, 1.82) is 0 Å². The standard InChI is InChI=1S/C12H10ClFN2O/c13-10-3-1-2-8(12(10)14)6-11(17)9-4-5-15-16-7-9/h1-5,7,11,17H,6H2. The minimum absolute atomic E-state index is 0.0579. The summed E-state index contributed by atoms with van der Waals surface area (Å²) < 4.78 is 13.6. The number of nitrogens with zero attached hydrogens (tertiary/aromatic N) is 2. The van der Waals surface area contributed by atoms with E-state index in [-0.39, 0.29) is 11.4 Å². The predicted octanol–water partition coefficient (Wildman–Crippen LogP) is 2.55. The van der Waals surface area contributed by atoms with E-state index in [9.17, 15) is 9.50 Å². The first-order chi connectivity index (χ1) is 8.18. The molecule has 1 heterocycles. The van der Waals surface area contributed by atoms with E-state index in [1.807, 2.05) is 0 Å². The predicted molar refractivity (Wildman–Crippen MR) is 62.1 cm³/mol. The van der Waals surface area contributed by atoms with Gasteiger partial charge in [-0.3, -0.25) is 0 Å². The lowest BCUT2D eigenvalue weighted by Gasteiger charge is -2.11. The number of rotatable bonds is 3. The number of benzene rings is 1. The number of aromatic nitrogens is 2. The first kappa shape index (κ1) is 12.0. The summed E-state index contributed by atoms with van der Waals surface area (Å²) in [5.41, 5.74) is 0.973. The number of aliphatic hydroxyl groups is 1. The Morgan fingerprint density at radius 1 is 1.29 bits per heavy atom. The van der Waals surface area contributed by atoms with Gasteiger partial charge >= 0.3 is 0 Å². The van der Waals surface area contributed by atoms with Crippen LogP contribution < -0.4 is 0 Å². The molecule has 1 atom stereocenters. The molecule has 1 N–H and O–H groups in total. The van der Waals surface area contributed by atoms with Crippen molar-refractivity contribution in [1.82, 2.24) is 10.2 Å². The van der Waals surface area contributed by atoms with Crippen LogP contribution in [-0.4, -0.2) is 15.3 Å². The third-order valence-corrected chi connectivity index (χ3v) is 2.73. The van der Waals surface area contributed by atoms with E-state index in [1.54, 1.807) is 18.2 Å². The van der Waals surface area contributed by atoms with E-state index >= 15 is 0 Å². The molecule has 0 spiro atoms. The van der Waals surface area contributed by atoms with Gasteiger partial charge in [-0.25, -0.2) is 4.39 Å². The molecule has 0 bridgehead atoms. The SMILES string of the molecule is OC(Cc1cccc(Cl)c1F)c1ccnnc1. The molecular weight excluding hydrogens is 243 g/mol. The van der Waals surface area contributed by atoms with Crippen molar-refractivity contribution in [2.75, 3.05) is 0 Å². The molecule has 5 heteroatoms. The fourth-order valence-electron chi connectivity index (χ4n) is 1.53. The van der Waals surface area contributed by atoms with Crippen LogP contribution in [0.3, 0.4) is 0 Å². The van der Waals surface area contributed by atoms with Crippen LogP contribution in [0.15, 0.2) is 36.7 Å². The highest BCUT2D eigenvalue weighted by Gasteiger charge is 2.13. The molecule has 0 radical (unpaired) electrons. The monoisotopic (exact) mass is 252 g/mol. The summed E-state index contributed by atoms with van der Waals surface area (Å²) in [5.74, 6) is -0.491. The van der Waals surface area contributed by atoms with Gasteiger partial charge in [0.1, 0.15) is 5.82 Å². The molecule has 0 saturated carbocycles. The third-order valence-electron chi connectivity index (χ3n) is 2.44. The highest BCUT2D eigenvalue weighted by molar-refractivity contribution is 6.30. The third kappa shape index (κ3) is 2.78. The molecule has 1 unspecified atom stereocenters. The molecule has 0 fully saturated rings. The van der Waals surface area contributed by atoms with Gasteiger partial charge in [0.05, 0.1) is 17.3 Å². The number of aliphatic hydroxyl groups excluding tert-OH is 1. The van der Waals surface area contributed by atoms with Crippen molar-refractivity contribution in [3.05, 3.63) is 58.6 Å². The van der Waals surface area contributed by atoms with Crippen molar-refractivity contribution in [2.45, 2.75) is 12.5 Å². The van der Waals surface area contributed by atoms with E-state index in [0.29, 0.717) is 11.1 Å². The summed E-state index contributed by atoms with van der Waals surface area (Å²) in [6, 6.07) is 6.36. The maximum Gasteiger partial charge on any atom is 0.145 e. The molecule has 0 saturated heterocycles. The summed E-state index contributed by atoms with van der Waals surface area (Å²) in [7, 11) is 0. The topological polar surface area (TPSA) is 46.0 Å². The lowest BCUT2D eigenvalue weighted by molar-refractivity contribution is 0.176. The molecule has 2 rings (SSSR count). The maximum atomic E-state index is 13.6. The van der Waals surface area contributed by atoms with Crippen LogP contribution in [0.1, 0.15) is 17.2 Å². The molecule has 0 amide bonds. The van der Waals surface area contributed by atoms with Gasteiger partial charge in [-0.15, -0.1) is 0 Å². The molecule has 1 aromatic heterocycles. The normalized spacial score (nSPS) is 12.4. The van der Waals surface area contributed by atoms with E-state index in [2.05, 4.69) is 10.2 Å². The van der Waals surface area contributed by atoms with E-state index < -0.39 is 11.9 Å². The molecule has 2 aromatic rings. The molecule has 88 valence electrons. The molecule has 0 aliphatic heterocycles. The van der Waals surface area contributed by atoms with Crippen LogP contribution in [-0.2, 0) is 6.42 Å². The first-order valence-electron chi connectivity index (χ1n) is 5.06. The second kappa shape index (κ2) is 5.21. The Kier molecular flexibility index (Phi) is 3.66. The fourth-order valence-corrected chi connectivity index (χ4v) is 1.72. The highest BCUT2D eigenvalue weighted by Crippen LogP contribution is 2.23. The number of halogens is 2. The molecule has 3 nitrogen and oxygen atoms in total. The van der Waals surface area contributed by atoms with E-state index in [1.165, 1.54) is 18.5 Å². The number of hydrogen-bond acceptors (Lipinski definition) is 3. The second-order valence-electron chi connectivity index (χ2n) is 3.61. The smallest absolute Gasteiger partial charge is 0.145 e. The fraction of sp³-hybridized carbons (Fsp3) is 0.167. The summed E-state index contributed by atoms with van der Waals surface area (Å²) in [6.45, 7) is 0. The van der Waals surface area contributed by atoms with Crippen LogP contribution >= 0.6 is 11.6 Å². The van der Waals surface area contributed by atoms with Crippen molar-refractivity contribution in [3.63, 3.8) is 0 Å². The highest BCUT2D eigenvalue weighted by atomic mass is 35.5. The summed E-state index contributed by atoms with van der Waals surface area (Å²) in [4.78, 5) is 0. The summed E-state index contributed by atoms with van der Waals surface area (Å²) in [6.07, 6.45) is 2.26. The Morgan fingerprint density at radius 3 is 2.82 bits per heavy atom. The average molecular weight is 253 g/mol. The Bertz CT molecular complexity index is 507. The molecule has 17 heavy (non-hydrogen) atoms. The molecule has 0 aliphatic carbocycles. The summed E-state index contributed by atoms with van der Waals surface area (Å²) >= 11 is 5.66. The van der Waals surface area contributed by atoms with E-state index in [4.69, 9.17) is 11.6 Å². The van der Waals surface area contributed by atoms with Gasteiger partial charge in [0.15, 0.2) is 0 Å². The van der Waals surface area contributed by atoms with Crippen LogP contribution in [0.2, 0.25) is 5.02 Å². The Balaban J connectivity index is 2.19. The van der Waals surface area contributed by atoms with Crippen molar-refractivity contribution in [2.24, 2.45) is 0 Å². The van der Waals surface area contributed by atoms with Crippen molar-refractivity contribution >= 4 is 11.6 Å². The second-order valence-corrected chi connectivity index (χ2v) is 4.02. The minimum atomic E-state index is -0.821. The van der Waals surface area contributed by atoms with Gasteiger partial charge in [-0.05, 0) is 17.7 Å². The van der Waals surface area contributed by atoms with Crippen LogP contribution in [0.25, 0.3) is 0 Å². The maximum absolute atomic E-state index is 13.6. The van der Waals surface area contributed by atoms with Gasteiger partial charge in [-0.1, -0.05) is 23.7 Å². The average Bonchev–Trinajstić information content (AvgIpc) is 2.36. The molecule has 1 aromatic carbocycles. The van der Waals surface area contributed by atoms with Crippen LogP contribution in [0, 0.1) is 5.82 Å². The Morgan fingerprint density at radius 2 is 2.12 bits per heavy atom. The van der Waals surface area contributed by atoms with E-state index in [0.717, 1.165) is 0 Å². The lowest BCUT2D eigenvalue weighted by Crippen LogP contribution is -2.04. The Labute approximate surface area is 103 Å². The zero-order valence-electron chi connectivity index (χ0n) is 8.85. The van der Waals surface area contributed by atoms with Crippen LogP contribution in [0.4, 0.5) is 4.39 Å². The zero-order valence-corrected chi connectivity index (χ0v) is 9.60. The van der Waals surface area contributed by atoms with Gasteiger partial charge in [0.2, 0.25) is 0 Å².